The summed E-state index contributed by atoms with van der Waals surface area (Å²) in [6.07, 6.45) is 4.63. The Morgan fingerprint density at radius 1 is 1.16 bits per heavy atom. The highest BCUT2D eigenvalue weighted by Crippen LogP contribution is 2.40. The summed E-state index contributed by atoms with van der Waals surface area (Å²) in [7, 11) is 0. The molecule has 25 heavy (non-hydrogen) atoms. The third-order valence-electron chi connectivity index (χ3n) is 5.35. The standard InChI is InChI=1S/C19H24N2O4/c1-12(22)20-11-13-6-8-14(9-7-13)18(23)21-16-5-3-2-4-15(16)10-17(21)19(24)25/h6-9,15-17H,2-5,10-11H2,1H3,(H,20,22)(H,24,25)/t15-,16-,17+/m1/s1. The van der Waals surface area contributed by atoms with Crippen molar-refractivity contribution in [2.45, 2.75) is 57.7 Å². The van der Waals surface area contributed by atoms with Crippen molar-refractivity contribution in [3.8, 4) is 0 Å². The molecule has 2 fully saturated rings. The normalized spacial score (nSPS) is 25.3. The van der Waals surface area contributed by atoms with Crippen LogP contribution < -0.4 is 5.32 Å². The number of fused-ring (bicyclic) bond motifs is 1. The number of nitrogens with zero attached hydrogens (tertiary/aromatic N) is 1. The molecule has 1 aliphatic carbocycles. The van der Waals surface area contributed by atoms with E-state index in [0.717, 1.165) is 31.2 Å². The predicted octanol–water partition coefficient (Wildman–Crippen LogP) is 2.18. The van der Waals surface area contributed by atoms with Crippen molar-refractivity contribution in [1.29, 1.82) is 0 Å². The Morgan fingerprint density at radius 3 is 2.48 bits per heavy atom. The van der Waals surface area contributed by atoms with E-state index in [4.69, 9.17) is 0 Å². The lowest BCUT2D eigenvalue weighted by Gasteiger charge is -2.33. The minimum atomic E-state index is -0.912. The van der Waals surface area contributed by atoms with E-state index in [1.165, 1.54) is 6.92 Å². The molecule has 1 heterocycles. The van der Waals surface area contributed by atoms with Gasteiger partial charge in [0.15, 0.2) is 0 Å². The Kier molecular flexibility index (Phi) is 5.06. The quantitative estimate of drug-likeness (QED) is 0.876. The molecule has 1 aromatic carbocycles. The second-order valence-corrected chi connectivity index (χ2v) is 7.02. The summed E-state index contributed by atoms with van der Waals surface area (Å²) in [5.41, 5.74) is 1.41. The van der Waals surface area contributed by atoms with Crippen LogP contribution in [0.5, 0.6) is 0 Å². The lowest BCUT2D eigenvalue weighted by Crippen LogP contribution is -2.46. The van der Waals surface area contributed by atoms with E-state index in [2.05, 4.69) is 5.32 Å². The van der Waals surface area contributed by atoms with Gasteiger partial charge in [-0.2, -0.15) is 0 Å². The van der Waals surface area contributed by atoms with E-state index in [1.54, 1.807) is 29.2 Å². The molecular formula is C19H24N2O4. The second kappa shape index (κ2) is 7.25. The first-order chi connectivity index (χ1) is 12.0. The molecule has 0 bridgehead atoms. The minimum Gasteiger partial charge on any atom is -0.480 e. The zero-order valence-corrected chi connectivity index (χ0v) is 14.4. The molecule has 1 aromatic rings. The third-order valence-corrected chi connectivity index (χ3v) is 5.35. The molecule has 6 heteroatoms. The summed E-state index contributed by atoms with van der Waals surface area (Å²) in [5, 5.41) is 12.3. The summed E-state index contributed by atoms with van der Waals surface area (Å²) in [4.78, 5) is 37.2. The van der Waals surface area contributed by atoms with Crippen LogP contribution in [0.15, 0.2) is 24.3 Å². The van der Waals surface area contributed by atoms with Gasteiger partial charge in [0.2, 0.25) is 5.91 Å². The molecule has 0 radical (unpaired) electrons. The molecule has 1 aliphatic heterocycles. The van der Waals surface area contributed by atoms with Gasteiger partial charge in [-0.1, -0.05) is 25.0 Å². The number of hydrogen-bond acceptors (Lipinski definition) is 3. The molecular weight excluding hydrogens is 320 g/mol. The number of benzene rings is 1. The number of hydrogen-bond donors (Lipinski definition) is 2. The van der Waals surface area contributed by atoms with Crippen molar-refractivity contribution in [1.82, 2.24) is 10.2 Å². The van der Waals surface area contributed by atoms with Crippen molar-refractivity contribution in [2.24, 2.45) is 5.92 Å². The molecule has 3 rings (SSSR count). The largest absolute Gasteiger partial charge is 0.480 e. The summed E-state index contributed by atoms with van der Waals surface area (Å²) in [5.74, 6) is -0.916. The number of amides is 2. The van der Waals surface area contributed by atoms with Gasteiger partial charge >= 0.3 is 5.97 Å². The highest BCUT2D eigenvalue weighted by atomic mass is 16.4. The maximum atomic E-state index is 13.0. The van der Waals surface area contributed by atoms with Gasteiger partial charge in [-0.15, -0.1) is 0 Å². The van der Waals surface area contributed by atoms with Crippen LogP contribution in [0.2, 0.25) is 0 Å². The van der Waals surface area contributed by atoms with Crippen LogP contribution in [0.1, 0.15) is 54.9 Å². The van der Waals surface area contributed by atoms with Crippen molar-refractivity contribution in [2.75, 3.05) is 0 Å². The number of carboxylic acid groups (broad SMARTS) is 1. The van der Waals surface area contributed by atoms with Crippen molar-refractivity contribution in [3.05, 3.63) is 35.4 Å². The number of carboxylic acids is 1. The van der Waals surface area contributed by atoms with Crippen LogP contribution in [0.3, 0.4) is 0 Å². The van der Waals surface area contributed by atoms with E-state index in [9.17, 15) is 19.5 Å². The molecule has 3 atom stereocenters. The van der Waals surface area contributed by atoms with Crippen LogP contribution >= 0.6 is 0 Å². The number of nitrogens with one attached hydrogen (secondary N) is 1. The summed E-state index contributed by atoms with van der Waals surface area (Å²) >= 11 is 0. The van der Waals surface area contributed by atoms with Gasteiger partial charge in [0.1, 0.15) is 6.04 Å². The van der Waals surface area contributed by atoms with Crippen LogP contribution in [0, 0.1) is 5.92 Å². The molecule has 1 saturated carbocycles. The first-order valence-corrected chi connectivity index (χ1v) is 8.86. The topological polar surface area (TPSA) is 86.7 Å². The van der Waals surface area contributed by atoms with Gasteiger partial charge in [0.25, 0.3) is 5.91 Å². The molecule has 2 amide bonds. The maximum Gasteiger partial charge on any atom is 0.326 e. The van der Waals surface area contributed by atoms with Crippen molar-refractivity contribution in [3.63, 3.8) is 0 Å². The molecule has 6 nitrogen and oxygen atoms in total. The number of carbonyl (C=O) groups excluding carboxylic acids is 2. The van der Waals surface area contributed by atoms with Crippen molar-refractivity contribution >= 4 is 17.8 Å². The monoisotopic (exact) mass is 344 g/mol. The lowest BCUT2D eigenvalue weighted by molar-refractivity contribution is -0.141. The molecule has 1 saturated heterocycles. The lowest BCUT2D eigenvalue weighted by atomic mass is 9.84. The summed E-state index contributed by atoms with van der Waals surface area (Å²) in [6.45, 7) is 1.87. The second-order valence-electron chi connectivity index (χ2n) is 7.02. The third kappa shape index (κ3) is 3.67. The first-order valence-electron chi connectivity index (χ1n) is 8.86. The molecule has 0 aromatic heterocycles. The minimum absolute atomic E-state index is 0.0430. The Labute approximate surface area is 147 Å². The predicted molar refractivity (Wildman–Crippen MR) is 91.9 cm³/mol. The van der Waals surface area contributed by atoms with E-state index >= 15 is 0 Å². The maximum absolute atomic E-state index is 13.0. The summed E-state index contributed by atoms with van der Waals surface area (Å²) < 4.78 is 0. The van der Waals surface area contributed by atoms with Gasteiger partial charge in [0, 0.05) is 25.1 Å². The number of carbonyl (C=O) groups is 3. The number of aliphatic carboxylic acids is 1. The number of likely N-dealkylation sites (tertiary alicyclic amines) is 1. The summed E-state index contributed by atoms with van der Waals surface area (Å²) in [6, 6.07) is 6.35. The van der Waals surface area contributed by atoms with E-state index in [1.807, 2.05) is 0 Å². The van der Waals surface area contributed by atoms with E-state index < -0.39 is 12.0 Å². The van der Waals surface area contributed by atoms with E-state index in [0.29, 0.717) is 24.4 Å². The average Bonchev–Trinajstić information content (AvgIpc) is 2.99. The fourth-order valence-electron chi connectivity index (χ4n) is 4.11. The van der Waals surface area contributed by atoms with Gasteiger partial charge in [-0.3, -0.25) is 9.59 Å². The van der Waals surface area contributed by atoms with Crippen LogP contribution in [-0.2, 0) is 16.1 Å². The SMILES string of the molecule is CC(=O)NCc1ccc(C(=O)N2[C@@H]3CCCC[C@@H]3C[C@H]2C(=O)O)cc1. The molecule has 2 N–H and O–H groups in total. The molecule has 134 valence electrons. The fourth-order valence-corrected chi connectivity index (χ4v) is 4.11. The zero-order chi connectivity index (χ0) is 18.0. The highest BCUT2D eigenvalue weighted by Gasteiger charge is 2.47. The Bertz CT molecular complexity index is 671. The highest BCUT2D eigenvalue weighted by molar-refractivity contribution is 5.97. The van der Waals surface area contributed by atoms with Crippen molar-refractivity contribution < 1.29 is 19.5 Å². The fraction of sp³-hybridized carbons (Fsp3) is 0.526. The van der Waals surface area contributed by atoms with Crippen LogP contribution in [0.25, 0.3) is 0 Å². The Balaban J connectivity index is 1.78. The van der Waals surface area contributed by atoms with Crippen LogP contribution in [0.4, 0.5) is 0 Å². The Hall–Kier alpha value is -2.37. The smallest absolute Gasteiger partial charge is 0.326 e. The van der Waals surface area contributed by atoms with Gasteiger partial charge in [0.05, 0.1) is 0 Å². The van der Waals surface area contributed by atoms with Gasteiger partial charge < -0.3 is 15.3 Å². The van der Waals surface area contributed by atoms with E-state index in [-0.39, 0.29) is 17.9 Å². The van der Waals surface area contributed by atoms with Gasteiger partial charge in [-0.25, -0.2) is 4.79 Å². The molecule has 2 aliphatic rings. The number of rotatable bonds is 4. The Morgan fingerprint density at radius 2 is 1.84 bits per heavy atom. The first kappa shape index (κ1) is 17.5. The zero-order valence-electron chi connectivity index (χ0n) is 14.4. The molecule has 0 unspecified atom stereocenters. The average molecular weight is 344 g/mol. The molecule has 0 spiro atoms. The van der Waals surface area contributed by atoms with Gasteiger partial charge in [-0.05, 0) is 42.9 Å². The van der Waals surface area contributed by atoms with Crippen LogP contribution in [-0.4, -0.2) is 39.9 Å².